The van der Waals surface area contributed by atoms with Gasteiger partial charge in [-0.05, 0) is 37.4 Å². The molecule has 1 fully saturated rings. The quantitative estimate of drug-likeness (QED) is 0.641. The van der Waals surface area contributed by atoms with Crippen molar-refractivity contribution in [2.45, 2.75) is 6.18 Å². The van der Waals surface area contributed by atoms with E-state index in [1.165, 1.54) is 6.07 Å². The number of nitrogens with zero attached hydrogens (tertiary/aromatic N) is 2. The lowest BCUT2D eigenvalue weighted by atomic mass is 10.1. The molecule has 3 rings (SSSR count). The van der Waals surface area contributed by atoms with Crippen LogP contribution in [0.1, 0.15) is 5.56 Å². The number of piperazine rings is 1. The molecule has 31 heavy (non-hydrogen) atoms. The van der Waals surface area contributed by atoms with E-state index in [1.807, 2.05) is 30.1 Å². The van der Waals surface area contributed by atoms with E-state index in [2.05, 4.69) is 10.2 Å². The van der Waals surface area contributed by atoms with Gasteiger partial charge in [-0.2, -0.15) is 13.2 Å². The van der Waals surface area contributed by atoms with E-state index in [1.54, 1.807) is 18.2 Å². The van der Waals surface area contributed by atoms with Crippen molar-refractivity contribution in [2.75, 3.05) is 63.3 Å². The molecule has 168 valence electrons. The molecule has 0 spiro atoms. The summed E-state index contributed by atoms with van der Waals surface area (Å²) in [5.41, 5.74) is -0.656. The Morgan fingerprint density at radius 1 is 1.03 bits per heavy atom. The Kier molecular flexibility index (Phi) is 7.75. The molecule has 0 bridgehead atoms. The number of hydrogen-bond donors (Lipinski definition) is 1. The van der Waals surface area contributed by atoms with E-state index in [4.69, 9.17) is 9.47 Å². The third-order valence-electron chi connectivity index (χ3n) is 4.92. The summed E-state index contributed by atoms with van der Waals surface area (Å²) < 4.78 is 51.4. The summed E-state index contributed by atoms with van der Waals surface area (Å²) in [5, 5.41) is 2.31. The predicted molar refractivity (Wildman–Crippen MR) is 113 cm³/mol. The SMILES string of the molecule is CN1CCN(c2ccc(NC(=O)COCCOc3ccccc3)c(C(F)(F)F)c2)CC1. The average molecular weight is 437 g/mol. The van der Waals surface area contributed by atoms with E-state index in [9.17, 15) is 18.0 Å². The Balaban J connectivity index is 1.53. The molecule has 1 N–H and O–H groups in total. The third kappa shape index (κ3) is 6.86. The zero-order valence-corrected chi connectivity index (χ0v) is 17.3. The topological polar surface area (TPSA) is 54.0 Å². The second-order valence-electron chi connectivity index (χ2n) is 7.28. The van der Waals surface area contributed by atoms with E-state index < -0.39 is 17.6 Å². The highest BCUT2D eigenvalue weighted by Gasteiger charge is 2.35. The van der Waals surface area contributed by atoms with Gasteiger partial charge in [0.2, 0.25) is 5.91 Å². The minimum Gasteiger partial charge on any atom is -0.491 e. The maximum absolute atomic E-state index is 13.6. The van der Waals surface area contributed by atoms with Crippen molar-refractivity contribution in [1.29, 1.82) is 0 Å². The number of halogens is 3. The molecule has 0 aromatic heterocycles. The summed E-state index contributed by atoms with van der Waals surface area (Å²) in [5.74, 6) is 0.0170. The van der Waals surface area contributed by atoms with Gasteiger partial charge in [-0.3, -0.25) is 4.79 Å². The van der Waals surface area contributed by atoms with Crippen molar-refractivity contribution in [3.63, 3.8) is 0 Å². The number of benzene rings is 2. The highest BCUT2D eigenvalue weighted by atomic mass is 19.4. The van der Waals surface area contributed by atoms with Crippen molar-refractivity contribution in [3.05, 3.63) is 54.1 Å². The summed E-state index contributed by atoms with van der Waals surface area (Å²) in [4.78, 5) is 16.1. The molecular formula is C22H26F3N3O3. The van der Waals surface area contributed by atoms with E-state index in [0.29, 0.717) is 24.5 Å². The van der Waals surface area contributed by atoms with Crippen LogP contribution in [0, 0.1) is 0 Å². The van der Waals surface area contributed by atoms with Gasteiger partial charge in [0.1, 0.15) is 19.0 Å². The summed E-state index contributed by atoms with van der Waals surface area (Å²) in [7, 11) is 1.98. The van der Waals surface area contributed by atoms with Crippen LogP contribution in [-0.4, -0.2) is 63.9 Å². The van der Waals surface area contributed by atoms with Crippen LogP contribution in [0.3, 0.4) is 0 Å². The average Bonchev–Trinajstić information content (AvgIpc) is 2.74. The lowest BCUT2D eigenvalue weighted by Gasteiger charge is -2.34. The molecule has 0 atom stereocenters. The fourth-order valence-corrected chi connectivity index (χ4v) is 3.22. The van der Waals surface area contributed by atoms with Crippen LogP contribution < -0.4 is 15.0 Å². The number of carbonyl (C=O) groups is 1. The Labute approximate surface area is 179 Å². The normalized spacial score (nSPS) is 15.0. The van der Waals surface area contributed by atoms with Crippen molar-refractivity contribution in [3.8, 4) is 5.75 Å². The molecular weight excluding hydrogens is 411 g/mol. The molecule has 0 aliphatic carbocycles. The molecule has 2 aromatic carbocycles. The van der Waals surface area contributed by atoms with Crippen LogP contribution in [0.15, 0.2) is 48.5 Å². The standard InChI is InChI=1S/C22H26F3N3O3/c1-27-9-11-28(12-10-27)17-7-8-20(19(15-17)22(23,24)25)26-21(29)16-30-13-14-31-18-5-3-2-4-6-18/h2-8,15H,9-14,16H2,1H3,(H,26,29). The fourth-order valence-electron chi connectivity index (χ4n) is 3.22. The number of ether oxygens (including phenoxy) is 2. The summed E-state index contributed by atoms with van der Waals surface area (Å²) in [6.07, 6.45) is -4.59. The smallest absolute Gasteiger partial charge is 0.418 e. The number of para-hydroxylation sites is 1. The number of hydrogen-bond acceptors (Lipinski definition) is 5. The van der Waals surface area contributed by atoms with Gasteiger partial charge in [-0.15, -0.1) is 0 Å². The Morgan fingerprint density at radius 3 is 2.42 bits per heavy atom. The molecule has 1 aliphatic heterocycles. The Hall–Kier alpha value is -2.78. The molecule has 6 nitrogen and oxygen atoms in total. The molecule has 0 saturated carbocycles. The summed E-state index contributed by atoms with van der Waals surface area (Å²) >= 11 is 0. The Morgan fingerprint density at radius 2 is 1.74 bits per heavy atom. The maximum Gasteiger partial charge on any atom is 0.418 e. The second-order valence-corrected chi connectivity index (χ2v) is 7.28. The molecule has 1 aliphatic rings. The van der Waals surface area contributed by atoms with E-state index >= 15 is 0 Å². The molecule has 9 heteroatoms. The van der Waals surface area contributed by atoms with Gasteiger partial charge in [-0.25, -0.2) is 0 Å². The molecule has 1 saturated heterocycles. The van der Waals surface area contributed by atoms with Crippen molar-refractivity contribution >= 4 is 17.3 Å². The zero-order chi connectivity index (χ0) is 22.3. The first-order valence-electron chi connectivity index (χ1n) is 10.0. The number of nitrogens with one attached hydrogen (secondary N) is 1. The fraction of sp³-hybridized carbons (Fsp3) is 0.409. The first-order chi connectivity index (χ1) is 14.8. The molecule has 1 amide bonds. The lowest BCUT2D eigenvalue weighted by Crippen LogP contribution is -2.44. The maximum atomic E-state index is 13.6. The number of carbonyl (C=O) groups excluding carboxylic acids is 1. The van der Waals surface area contributed by atoms with Crippen molar-refractivity contribution in [1.82, 2.24) is 4.90 Å². The van der Waals surface area contributed by atoms with Gasteiger partial charge in [0.15, 0.2) is 0 Å². The predicted octanol–water partition coefficient (Wildman–Crippen LogP) is 3.49. The van der Waals surface area contributed by atoms with Crippen LogP contribution in [0.5, 0.6) is 5.75 Å². The zero-order valence-electron chi connectivity index (χ0n) is 17.3. The molecule has 0 unspecified atom stereocenters. The van der Waals surface area contributed by atoms with Gasteiger partial charge in [0.25, 0.3) is 0 Å². The Bertz CT molecular complexity index is 854. The number of amides is 1. The number of anilines is 2. The number of alkyl halides is 3. The molecule has 2 aromatic rings. The van der Waals surface area contributed by atoms with Crippen LogP contribution in [-0.2, 0) is 15.7 Å². The first kappa shape index (κ1) is 22.9. The van der Waals surface area contributed by atoms with Crippen LogP contribution in [0.2, 0.25) is 0 Å². The van der Waals surface area contributed by atoms with Gasteiger partial charge in [-0.1, -0.05) is 18.2 Å². The summed E-state index contributed by atoms with van der Waals surface area (Å²) in [6, 6.07) is 13.1. The molecule has 0 radical (unpaired) electrons. The first-order valence-corrected chi connectivity index (χ1v) is 10.0. The minimum atomic E-state index is -4.59. The largest absolute Gasteiger partial charge is 0.491 e. The van der Waals surface area contributed by atoms with Gasteiger partial charge in [0.05, 0.1) is 17.9 Å². The van der Waals surface area contributed by atoms with Crippen molar-refractivity contribution in [2.24, 2.45) is 0 Å². The second kappa shape index (κ2) is 10.5. The monoisotopic (exact) mass is 437 g/mol. The van der Waals surface area contributed by atoms with E-state index in [-0.39, 0.29) is 25.5 Å². The minimum absolute atomic E-state index is 0.136. The summed E-state index contributed by atoms with van der Waals surface area (Å²) in [6.45, 7) is 2.87. The molecule has 1 heterocycles. The van der Waals surface area contributed by atoms with E-state index in [0.717, 1.165) is 19.2 Å². The number of likely N-dealkylation sites (N-methyl/N-ethyl adjacent to an activating group) is 1. The van der Waals surface area contributed by atoms with Crippen LogP contribution in [0.4, 0.5) is 24.5 Å². The third-order valence-corrected chi connectivity index (χ3v) is 4.92. The van der Waals surface area contributed by atoms with Gasteiger partial charge in [0, 0.05) is 31.9 Å². The van der Waals surface area contributed by atoms with Crippen LogP contribution in [0.25, 0.3) is 0 Å². The van der Waals surface area contributed by atoms with Crippen LogP contribution >= 0.6 is 0 Å². The highest BCUT2D eigenvalue weighted by molar-refractivity contribution is 5.92. The van der Waals surface area contributed by atoms with Gasteiger partial charge >= 0.3 is 6.18 Å². The van der Waals surface area contributed by atoms with Crippen molar-refractivity contribution < 1.29 is 27.4 Å². The highest BCUT2D eigenvalue weighted by Crippen LogP contribution is 2.37. The van der Waals surface area contributed by atoms with Gasteiger partial charge < -0.3 is 24.6 Å². The number of rotatable bonds is 8. The lowest BCUT2D eigenvalue weighted by molar-refractivity contribution is -0.137.